The Morgan fingerprint density at radius 2 is 2.04 bits per heavy atom. The van der Waals surface area contributed by atoms with Gasteiger partial charge in [-0.05, 0) is 37.3 Å². The van der Waals surface area contributed by atoms with Crippen LogP contribution in [-0.2, 0) is 4.79 Å². The third kappa shape index (κ3) is 3.09. The minimum Gasteiger partial charge on any atom is -0.273 e. The van der Waals surface area contributed by atoms with E-state index in [1.54, 1.807) is 34.6 Å². The average Bonchev–Trinajstić information content (AvgIpc) is 2.96. The predicted octanol–water partition coefficient (Wildman–Crippen LogP) is 4.54. The van der Waals surface area contributed by atoms with Crippen molar-refractivity contribution in [2.24, 2.45) is 11.0 Å². The Morgan fingerprint density at radius 3 is 2.76 bits per heavy atom. The molecule has 128 valence electrons. The second kappa shape index (κ2) is 6.50. The highest BCUT2D eigenvalue weighted by atomic mass is 32.2. The zero-order chi connectivity index (χ0) is 17.6. The highest BCUT2D eigenvalue weighted by molar-refractivity contribution is 8.00. The van der Waals surface area contributed by atoms with E-state index in [1.807, 2.05) is 0 Å². The summed E-state index contributed by atoms with van der Waals surface area (Å²) in [5, 5.41) is 6.05. The van der Waals surface area contributed by atoms with E-state index in [1.165, 1.54) is 24.6 Å². The largest absolute Gasteiger partial charge is 0.273 e. The van der Waals surface area contributed by atoms with Gasteiger partial charge in [0.1, 0.15) is 11.2 Å². The number of fused-ring (bicyclic) bond motifs is 3. The quantitative estimate of drug-likeness (QED) is 0.776. The molecule has 0 unspecified atom stereocenters. The SMILES string of the molecule is CC(=O)N1N=C2c3cc(F)ccc3SC[C@@H]2[C@@H]1Sc1ccc(C)cc1. The van der Waals surface area contributed by atoms with Crippen LogP contribution in [0.5, 0.6) is 0 Å². The van der Waals surface area contributed by atoms with Gasteiger partial charge in [-0.3, -0.25) is 4.79 Å². The van der Waals surface area contributed by atoms with Gasteiger partial charge in [0.05, 0.1) is 5.71 Å². The van der Waals surface area contributed by atoms with Gasteiger partial charge < -0.3 is 0 Å². The van der Waals surface area contributed by atoms with Gasteiger partial charge in [-0.2, -0.15) is 5.10 Å². The lowest BCUT2D eigenvalue weighted by Crippen LogP contribution is -2.35. The lowest BCUT2D eigenvalue weighted by Gasteiger charge is -2.28. The summed E-state index contributed by atoms with van der Waals surface area (Å²) in [7, 11) is 0. The molecule has 2 aromatic rings. The minimum absolute atomic E-state index is 0.0885. The molecule has 6 heteroatoms. The van der Waals surface area contributed by atoms with Crippen LogP contribution in [0.2, 0.25) is 0 Å². The van der Waals surface area contributed by atoms with Gasteiger partial charge in [0.2, 0.25) is 5.91 Å². The van der Waals surface area contributed by atoms with Gasteiger partial charge >= 0.3 is 0 Å². The number of aryl methyl sites for hydroxylation is 1. The molecule has 2 aliphatic rings. The van der Waals surface area contributed by atoms with Crippen LogP contribution in [0.15, 0.2) is 57.4 Å². The van der Waals surface area contributed by atoms with Crippen molar-refractivity contribution >= 4 is 35.1 Å². The Balaban J connectivity index is 1.70. The molecule has 2 heterocycles. The van der Waals surface area contributed by atoms with Crippen molar-refractivity contribution in [3.8, 4) is 0 Å². The van der Waals surface area contributed by atoms with E-state index >= 15 is 0 Å². The summed E-state index contributed by atoms with van der Waals surface area (Å²) in [6.07, 6.45) is 0. The average molecular weight is 372 g/mol. The normalized spacial score (nSPS) is 21.6. The Kier molecular flexibility index (Phi) is 4.33. The molecule has 0 bridgehead atoms. The fraction of sp³-hybridized carbons (Fsp3) is 0.263. The standard InChI is InChI=1S/C19H17FN2OS2/c1-11-3-6-14(7-4-11)25-19-16-10-24-17-8-5-13(20)9-15(17)18(16)21-22(19)12(2)23/h3-9,16,19H,10H2,1-2H3/t16-,19-/m0/s1. The fourth-order valence-corrected chi connectivity index (χ4v) is 5.67. The first-order chi connectivity index (χ1) is 12.0. The van der Waals surface area contributed by atoms with E-state index in [2.05, 4.69) is 36.3 Å². The van der Waals surface area contributed by atoms with Gasteiger partial charge in [-0.25, -0.2) is 9.40 Å². The first-order valence-corrected chi connectivity index (χ1v) is 9.94. The summed E-state index contributed by atoms with van der Waals surface area (Å²) < 4.78 is 13.7. The first-order valence-electron chi connectivity index (χ1n) is 8.07. The highest BCUT2D eigenvalue weighted by Crippen LogP contribution is 2.44. The van der Waals surface area contributed by atoms with Crippen LogP contribution in [0.3, 0.4) is 0 Å². The molecule has 0 saturated heterocycles. The van der Waals surface area contributed by atoms with Crippen molar-refractivity contribution in [2.75, 3.05) is 5.75 Å². The number of hydrogen-bond donors (Lipinski definition) is 0. The maximum atomic E-state index is 13.7. The molecule has 2 aromatic carbocycles. The molecule has 0 saturated carbocycles. The number of rotatable bonds is 2. The monoisotopic (exact) mass is 372 g/mol. The number of hydrogen-bond acceptors (Lipinski definition) is 4. The third-order valence-electron chi connectivity index (χ3n) is 4.39. The molecular weight excluding hydrogens is 355 g/mol. The van der Waals surface area contributed by atoms with Crippen LogP contribution in [-0.4, -0.2) is 27.8 Å². The number of nitrogens with zero attached hydrogens (tertiary/aromatic N) is 2. The van der Waals surface area contributed by atoms with Crippen LogP contribution in [0.25, 0.3) is 0 Å². The van der Waals surface area contributed by atoms with Gasteiger partial charge in [-0.1, -0.05) is 29.5 Å². The first kappa shape index (κ1) is 16.7. The number of halogens is 1. The van der Waals surface area contributed by atoms with Crippen LogP contribution in [0.4, 0.5) is 4.39 Å². The molecular formula is C19H17FN2OS2. The van der Waals surface area contributed by atoms with Gasteiger partial charge in [0.25, 0.3) is 0 Å². The topological polar surface area (TPSA) is 32.7 Å². The maximum Gasteiger partial charge on any atom is 0.240 e. The summed E-state index contributed by atoms with van der Waals surface area (Å²) in [6, 6.07) is 13.1. The number of carbonyl (C=O) groups excluding carboxylic acids is 1. The van der Waals surface area contributed by atoms with Gasteiger partial charge in [0, 0.05) is 33.9 Å². The van der Waals surface area contributed by atoms with E-state index in [9.17, 15) is 9.18 Å². The van der Waals surface area contributed by atoms with Crippen molar-refractivity contribution in [3.05, 3.63) is 59.4 Å². The zero-order valence-corrected chi connectivity index (χ0v) is 15.5. The second-order valence-electron chi connectivity index (χ2n) is 6.23. The number of benzene rings is 2. The molecule has 0 N–H and O–H groups in total. The van der Waals surface area contributed by atoms with Crippen molar-refractivity contribution < 1.29 is 9.18 Å². The third-order valence-corrected chi connectivity index (χ3v) is 6.90. The van der Waals surface area contributed by atoms with E-state index in [-0.39, 0.29) is 23.0 Å². The van der Waals surface area contributed by atoms with E-state index < -0.39 is 0 Å². The maximum absolute atomic E-state index is 13.7. The molecule has 0 fully saturated rings. The minimum atomic E-state index is -0.272. The molecule has 4 rings (SSSR count). The predicted molar refractivity (Wildman–Crippen MR) is 100 cm³/mol. The van der Waals surface area contributed by atoms with Crippen molar-refractivity contribution in [3.63, 3.8) is 0 Å². The smallest absolute Gasteiger partial charge is 0.240 e. The lowest BCUT2D eigenvalue weighted by molar-refractivity contribution is -0.129. The van der Waals surface area contributed by atoms with Crippen LogP contribution < -0.4 is 0 Å². The van der Waals surface area contributed by atoms with Gasteiger partial charge in [-0.15, -0.1) is 11.8 Å². The molecule has 0 radical (unpaired) electrons. The van der Waals surface area contributed by atoms with Crippen LogP contribution >= 0.6 is 23.5 Å². The number of thioether (sulfide) groups is 2. The molecule has 2 atom stereocenters. The molecule has 1 amide bonds. The zero-order valence-electron chi connectivity index (χ0n) is 13.9. The molecule has 0 aromatic heterocycles. The Bertz CT molecular complexity index is 866. The van der Waals surface area contributed by atoms with E-state index in [4.69, 9.17) is 0 Å². The lowest BCUT2D eigenvalue weighted by atomic mass is 9.98. The van der Waals surface area contributed by atoms with Crippen molar-refractivity contribution in [2.45, 2.75) is 29.0 Å². The molecule has 2 aliphatic heterocycles. The molecule has 0 spiro atoms. The number of hydrazone groups is 1. The molecule has 3 nitrogen and oxygen atoms in total. The van der Waals surface area contributed by atoms with E-state index in [0.717, 1.165) is 26.8 Å². The Morgan fingerprint density at radius 1 is 1.28 bits per heavy atom. The Hall–Kier alpha value is -1.79. The van der Waals surface area contributed by atoms with Crippen LogP contribution in [0, 0.1) is 18.7 Å². The summed E-state index contributed by atoms with van der Waals surface area (Å²) in [5.74, 6) is 0.570. The van der Waals surface area contributed by atoms with Crippen molar-refractivity contribution in [1.82, 2.24) is 5.01 Å². The summed E-state index contributed by atoms with van der Waals surface area (Å²) in [4.78, 5) is 14.3. The summed E-state index contributed by atoms with van der Waals surface area (Å²) in [5.41, 5.74) is 2.85. The van der Waals surface area contributed by atoms with Crippen LogP contribution in [0.1, 0.15) is 18.1 Å². The Labute approximate surface area is 154 Å². The summed E-state index contributed by atoms with van der Waals surface area (Å²) in [6.45, 7) is 3.58. The summed E-state index contributed by atoms with van der Waals surface area (Å²) >= 11 is 3.35. The molecule has 0 aliphatic carbocycles. The van der Waals surface area contributed by atoms with E-state index in [0.29, 0.717) is 0 Å². The second-order valence-corrected chi connectivity index (χ2v) is 8.48. The van der Waals surface area contributed by atoms with Gasteiger partial charge in [0.15, 0.2) is 0 Å². The molecule has 25 heavy (non-hydrogen) atoms. The number of amides is 1. The highest BCUT2D eigenvalue weighted by Gasteiger charge is 2.43. The van der Waals surface area contributed by atoms with Crippen molar-refractivity contribution in [1.29, 1.82) is 0 Å². The number of carbonyl (C=O) groups is 1. The fourth-order valence-electron chi connectivity index (χ4n) is 3.11.